The molecule has 0 aliphatic carbocycles. The molecule has 0 saturated heterocycles. The van der Waals surface area contributed by atoms with Gasteiger partial charge in [0.25, 0.3) is 0 Å². The zero-order valence-corrected chi connectivity index (χ0v) is 11.3. The van der Waals surface area contributed by atoms with Gasteiger partial charge in [-0.25, -0.2) is 4.98 Å². The van der Waals surface area contributed by atoms with Crippen LogP contribution in [0.2, 0.25) is 0 Å². The van der Waals surface area contributed by atoms with E-state index < -0.39 is 0 Å². The number of aromatic nitrogens is 2. The van der Waals surface area contributed by atoms with Gasteiger partial charge in [0.1, 0.15) is 10.8 Å². The minimum absolute atomic E-state index is 0.783. The fourth-order valence-corrected chi connectivity index (χ4v) is 2.69. The smallest absolute Gasteiger partial charge is 0.145 e. The molecule has 0 aliphatic rings. The molecule has 0 bridgehead atoms. The fourth-order valence-electron chi connectivity index (χ4n) is 1.87. The molecule has 94 valence electrons. The van der Waals surface area contributed by atoms with Crippen LogP contribution in [0.25, 0.3) is 10.8 Å². The van der Waals surface area contributed by atoms with Crippen LogP contribution in [0.15, 0.2) is 64.8 Å². The van der Waals surface area contributed by atoms with E-state index in [1.807, 2.05) is 7.05 Å². The summed E-state index contributed by atoms with van der Waals surface area (Å²) in [6.07, 6.45) is 3.49. The summed E-state index contributed by atoms with van der Waals surface area (Å²) in [7, 11) is 1.84. The summed E-state index contributed by atoms with van der Waals surface area (Å²) < 4.78 is 0. The van der Waals surface area contributed by atoms with Crippen LogP contribution >= 0.6 is 11.8 Å². The number of anilines is 1. The third-order valence-corrected chi connectivity index (χ3v) is 3.71. The van der Waals surface area contributed by atoms with Crippen molar-refractivity contribution in [2.24, 2.45) is 0 Å². The Hall–Kier alpha value is -2.07. The molecule has 0 radical (unpaired) electrons. The Morgan fingerprint density at radius 3 is 2.68 bits per heavy atom. The molecule has 0 saturated carbocycles. The Balaban J connectivity index is 1.92. The second-order valence-electron chi connectivity index (χ2n) is 4.10. The second kappa shape index (κ2) is 5.28. The maximum atomic E-state index is 4.46. The summed E-state index contributed by atoms with van der Waals surface area (Å²) in [5.74, 6) is 0.783. The maximum Gasteiger partial charge on any atom is 0.145 e. The normalized spacial score (nSPS) is 10.6. The molecule has 3 rings (SSSR count). The van der Waals surface area contributed by atoms with Crippen LogP contribution in [0.3, 0.4) is 0 Å². The van der Waals surface area contributed by atoms with E-state index >= 15 is 0 Å². The van der Waals surface area contributed by atoms with Crippen LogP contribution in [0.4, 0.5) is 5.82 Å². The first-order chi connectivity index (χ1) is 9.35. The van der Waals surface area contributed by atoms with E-state index in [-0.39, 0.29) is 0 Å². The van der Waals surface area contributed by atoms with Crippen molar-refractivity contribution in [2.75, 3.05) is 12.4 Å². The molecule has 1 N–H and O–H groups in total. The number of hydrogen-bond acceptors (Lipinski definition) is 4. The quantitative estimate of drug-likeness (QED) is 0.782. The minimum Gasteiger partial charge on any atom is -0.372 e. The third-order valence-electron chi connectivity index (χ3n) is 2.81. The summed E-state index contributed by atoms with van der Waals surface area (Å²) in [6.45, 7) is 0. The topological polar surface area (TPSA) is 37.8 Å². The molecule has 0 fully saturated rings. The molecule has 4 heteroatoms. The van der Waals surface area contributed by atoms with E-state index in [0.29, 0.717) is 0 Å². The van der Waals surface area contributed by atoms with Crippen molar-refractivity contribution in [1.29, 1.82) is 0 Å². The molecule has 2 aromatic carbocycles. The number of fused-ring (bicyclic) bond motifs is 1. The number of rotatable bonds is 3. The molecular weight excluding hydrogens is 254 g/mol. The summed E-state index contributed by atoms with van der Waals surface area (Å²) in [5, 5.41) is 6.38. The van der Waals surface area contributed by atoms with Crippen LogP contribution in [0.1, 0.15) is 0 Å². The first-order valence-electron chi connectivity index (χ1n) is 6.01. The maximum absolute atomic E-state index is 4.46. The molecule has 0 unspecified atom stereocenters. The number of nitrogens with zero attached hydrogens (tertiary/aromatic N) is 2. The first kappa shape index (κ1) is 12.0. The van der Waals surface area contributed by atoms with Crippen molar-refractivity contribution in [3.63, 3.8) is 0 Å². The van der Waals surface area contributed by atoms with Crippen LogP contribution in [0, 0.1) is 0 Å². The van der Waals surface area contributed by atoms with E-state index in [4.69, 9.17) is 0 Å². The van der Waals surface area contributed by atoms with Crippen molar-refractivity contribution < 1.29 is 0 Å². The molecule has 3 nitrogen and oxygen atoms in total. The Labute approximate surface area is 116 Å². The Kier molecular flexibility index (Phi) is 3.33. The molecular formula is C15H13N3S. The number of nitrogens with one attached hydrogen (secondary N) is 1. The van der Waals surface area contributed by atoms with Gasteiger partial charge in [-0.2, -0.15) is 0 Å². The average Bonchev–Trinajstić information content (AvgIpc) is 2.47. The predicted molar refractivity (Wildman–Crippen MR) is 79.6 cm³/mol. The largest absolute Gasteiger partial charge is 0.372 e. The number of hydrogen-bond donors (Lipinski definition) is 1. The lowest BCUT2D eigenvalue weighted by atomic mass is 10.1. The lowest BCUT2D eigenvalue weighted by molar-refractivity contribution is 1.05. The van der Waals surface area contributed by atoms with Crippen molar-refractivity contribution in [3.8, 4) is 0 Å². The van der Waals surface area contributed by atoms with Gasteiger partial charge in [0.15, 0.2) is 0 Å². The van der Waals surface area contributed by atoms with E-state index in [1.165, 1.54) is 15.7 Å². The van der Waals surface area contributed by atoms with E-state index in [0.717, 1.165) is 10.8 Å². The number of benzene rings is 2. The summed E-state index contributed by atoms with van der Waals surface area (Å²) in [4.78, 5) is 9.79. The van der Waals surface area contributed by atoms with Gasteiger partial charge in [0, 0.05) is 11.9 Å². The zero-order valence-electron chi connectivity index (χ0n) is 10.5. The molecule has 3 aromatic rings. The Morgan fingerprint density at radius 2 is 1.84 bits per heavy atom. The van der Waals surface area contributed by atoms with Crippen LogP contribution in [0.5, 0.6) is 0 Å². The fraction of sp³-hybridized carbons (Fsp3) is 0.0667. The van der Waals surface area contributed by atoms with E-state index in [1.54, 1.807) is 24.2 Å². The monoisotopic (exact) mass is 267 g/mol. The van der Waals surface area contributed by atoms with Gasteiger partial charge >= 0.3 is 0 Å². The van der Waals surface area contributed by atoms with Crippen molar-refractivity contribution in [2.45, 2.75) is 9.92 Å². The predicted octanol–water partition coefficient (Wildman–Crippen LogP) is 3.82. The first-order valence-corrected chi connectivity index (χ1v) is 6.83. The SMILES string of the molecule is CNc1cncc(Sc2ccc3ccccc3c2)n1. The second-order valence-corrected chi connectivity index (χ2v) is 5.20. The molecule has 0 aliphatic heterocycles. The van der Waals surface area contributed by atoms with Gasteiger partial charge in [0.05, 0.1) is 12.4 Å². The van der Waals surface area contributed by atoms with E-state index in [9.17, 15) is 0 Å². The van der Waals surface area contributed by atoms with Crippen LogP contribution < -0.4 is 5.32 Å². The Morgan fingerprint density at radius 1 is 1.00 bits per heavy atom. The van der Waals surface area contributed by atoms with Crippen molar-refractivity contribution in [1.82, 2.24) is 9.97 Å². The molecule has 1 aromatic heterocycles. The molecule has 1 heterocycles. The standard InChI is InChI=1S/C15H13N3S/c1-16-14-9-17-10-15(18-14)19-13-7-6-11-4-2-3-5-12(11)8-13/h2-10H,1H3,(H,16,18). The van der Waals surface area contributed by atoms with Gasteiger partial charge in [-0.15, -0.1) is 0 Å². The minimum atomic E-state index is 0.783. The lowest BCUT2D eigenvalue weighted by Crippen LogP contribution is -1.93. The third kappa shape index (κ3) is 2.69. The molecule has 0 spiro atoms. The highest BCUT2D eigenvalue weighted by molar-refractivity contribution is 7.99. The Bertz CT molecular complexity index is 712. The van der Waals surface area contributed by atoms with Crippen molar-refractivity contribution >= 4 is 28.4 Å². The molecule has 19 heavy (non-hydrogen) atoms. The highest BCUT2D eigenvalue weighted by Crippen LogP contribution is 2.28. The van der Waals surface area contributed by atoms with Gasteiger partial charge in [-0.05, 0) is 22.9 Å². The van der Waals surface area contributed by atoms with Gasteiger partial charge in [-0.3, -0.25) is 4.98 Å². The van der Waals surface area contributed by atoms with Gasteiger partial charge < -0.3 is 5.32 Å². The van der Waals surface area contributed by atoms with Crippen LogP contribution in [-0.4, -0.2) is 17.0 Å². The summed E-state index contributed by atoms with van der Waals surface area (Å²) in [6, 6.07) is 14.8. The van der Waals surface area contributed by atoms with Gasteiger partial charge in [0.2, 0.25) is 0 Å². The van der Waals surface area contributed by atoms with Gasteiger partial charge in [-0.1, -0.05) is 42.1 Å². The highest BCUT2D eigenvalue weighted by Gasteiger charge is 2.02. The molecule has 0 amide bonds. The van der Waals surface area contributed by atoms with Crippen molar-refractivity contribution in [3.05, 3.63) is 54.9 Å². The molecule has 0 atom stereocenters. The average molecular weight is 267 g/mol. The highest BCUT2D eigenvalue weighted by atomic mass is 32.2. The zero-order chi connectivity index (χ0) is 13.1. The lowest BCUT2D eigenvalue weighted by Gasteiger charge is -2.04. The van der Waals surface area contributed by atoms with E-state index in [2.05, 4.69) is 57.7 Å². The summed E-state index contributed by atoms with van der Waals surface area (Å²) >= 11 is 1.62. The van der Waals surface area contributed by atoms with Crippen LogP contribution in [-0.2, 0) is 0 Å². The summed E-state index contributed by atoms with van der Waals surface area (Å²) in [5.41, 5.74) is 0.